The second kappa shape index (κ2) is 7.70. The summed E-state index contributed by atoms with van der Waals surface area (Å²) < 4.78 is 3.10. The van der Waals surface area contributed by atoms with Crippen molar-refractivity contribution in [3.8, 4) is 10.6 Å². The van der Waals surface area contributed by atoms with Gasteiger partial charge < -0.3 is 10.6 Å². The molecule has 0 aliphatic carbocycles. The molecule has 0 radical (unpaired) electrons. The first-order valence-corrected chi connectivity index (χ1v) is 10.3. The zero-order chi connectivity index (χ0) is 18.4. The van der Waals surface area contributed by atoms with Gasteiger partial charge in [0.2, 0.25) is 0 Å². The molecule has 5 rings (SSSR count). The number of rotatable bonds is 3. The molecular formula is C21H24ClN5S. The predicted octanol–water partition coefficient (Wildman–Crippen LogP) is 4.74. The van der Waals surface area contributed by atoms with Crippen LogP contribution in [0, 0.1) is 6.92 Å². The molecule has 1 aliphatic rings. The standard InChI is InChI=1S/C21H23N5S.ClH/c1-13-9-17(23-16-5-7-22-8-6-16)11-19-20(13)24-21(27-19)14-3-4-18-15(10-14)12-26(2)25-18;/h3-4,9-12,16,22-23H,5-8H2,1-2H3;1H. The van der Waals surface area contributed by atoms with Gasteiger partial charge in [0.1, 0.15) is 5.01 Å². The van der Waals surface area contributed by atoms with Gasteiger partial charge in [0, 0.05) is 35.9 Å². The maximum Gasteiger partial charge on any atom is 0.124 e. The Morgan fingerprint density at radius 3 is 2.82 bits per heavy atom. The zero-order valence-electron chi connectivity index (χ0n) is 16.0. The summed E-state index contributed by atoms with van der Waals surface area (Å²) in [6.07, 6.45) is 4.41. The fraction of sp³-hybridized carbons (Fsp3) is 0.333. The molecule has 2 aromatic carbocycles. The molecule has 1 fully saturated rings. The quantitative estimate of drug-likeness (QED) is 0.509. The molecule has 7 heteroatoms. The summed E-state index contributed by atoms with van der Waals surface area (Å²) in [7, 11) is 1.96. The van der Waals surface area contributed by atoms with Crippen LogP contribution in [-0.4, -0.2) is 33.9 Å². The van der Waals surface area contributed by atoms with Gasteiger partial charge in [-0.05, 0) is 68.8 Å². The minimum Gasteiger partial charge on any atom is -0.382 e. The Kier molecular flexibility index (Phi) is 5.27. The first-order valence-electron chi connectivity index (χ1n) is 9.48. The summed E-state index contributed by atoms with van der Waals surface area (Å²) >= 11 is 1.77. The van der Waals surface area contributed by atoms with Crippen LogP contribution in [0.3, 0.4) is 0 Å². The number of hydrogen-bond donors (Lipinski definition) is 2. The van der Waals surface area contributed by atoms with Crippen molar-refractivity contribution in [1.29, 1.82) is 0 Å². The van der Waals surface area contributed by atoms with Crippen LogP contribution in [0.5, 0.6) is 0 Å². The molecule has 0 spiro atoms. The molecule has 4 aromatic rings. The van der Waals surface area contributed by atoms with E-state index in [0.717, 1.165) is 40.1 Å². The van der Waals surface area contributed by atoms with Crippen LogP contribution in [0.2, 0.25) is 0 Å². The van der Waals surface area contributed by atoms with Crippen molar-refractivity contribution in [3.63, 3.8) is 0 Å². The van der Waals surface area contributed by atoms with Crippen molar-refractivity contribution in [2.24, 2.45) is 7.05 Å². The first-order chi connectivity index (χ1) is 13.2. The second-order valence-corrected chi connectivity index (χ2v) is 8.43. The lowest BCUT2D eigenvalue weighted by molar-refractivity contribution is 0.479. The van der Waals surface area contributed by atoms with E-state index in [0.29, 0.717) is 6.04 Å². The third-order valence-corrected chi connectivity index (χ3v) is 6.31. The molecule has 3 heterocycles. The van der Waals surface area contributed by atoms with Crippen molar-refractivity contribution in [2.75, 3.05) is 18.4 Å². The Hall–Kier alpha value is -2.15. The smallest absolute Gasteiger partial charge is 0.124 e. The van der Waals surface area contributed by atoms with E-state index in [9.17, 15) is 0 Å². The van der Waals surface area contributed by atoms with Gasteiger partial charge in [0.05, 0.1) is 15.7 Å². The number of fused-ring (bicyclic) bond motifs is 2. The van der Waals surface area contributed by atoms with E-state index in [4.69, 9.17) is 4.98 Å². The average Bonchev–Trinajstić information content (AvgIpc) is 3.24. The van der Waals surface area contributed by atoms with Crippen molar-refractivity contribution in [1.82, 2.24) is 20.1 Å². The van der Waals surface area contributed by atoms with E-state index < -0.39 is 0 Å². The number of aryl methyl sites for hydroxylation is 2. The topological polar surface area (TPSA) is 54.8 Å². The molecular weight excluding hydrogens is 390 g/mol. The monoisotopic (exact) mass is 413 g/mol. The Balaban J connectivity index is 0.00000192. The minimum atomic E-state index is 0. The molecule has 0 saturated carbocycles. The minimum absolute atomic E-state index is 0. The Morgan fingerprint density at radius 1 is 1.18 bits per heavy atom. The van der Waals surface area contributed by atoms with Gasteiger partial charge >= 0.3 is 0 Å². The zero-order valence-corrected chi connectivity index (χ0v) is 17.7. The lowest BCUT2D eigenvalue weighted by atomic mass is 10.1. The number of piperidine rings is 1. The molecule has 5 nitrogen and oxygen atoms in total. The van der Waals surface area contributed by atoms with Crippen LogP contribution in [0.25, 0.3) is 31.7 Å². The first kappa shape index (κ1) is 19.2. The van der Waals surface area contributed by atoms with E-state index in [-0.39, 0.29) is 12.4 Å². The summed E-state index contributed by atoms with van der Waals surface area (Å²) in [6.45, 7) is 4.35. The molecule has 0 atom stereocenters. The fourth-order valence-electron chi connectivity index (χ4n) is 3.89. The summed E-state index contributed by atoms with van der Waals surface area (Å²) in [4.78, 5) is 4.94. The molecule has 2 N–H and O–H groups in total. The normalized spacial score (nSPS) is 15.1. The largest absolute Gasteiger partial charge is 0.382 e. The number of hydrogen-bond acceptors (Lipinski definition) is 5. The molecule has 0 unspecified atom stereocenters. The molecule has 2 aromatic heterocycles. The van der Waals surface area contributed by atoms with Gasteiger partial charge in [-0.15, -0.1) is 23.7 Å². The SMILES string of the molecule is Cc1cc(NC2CCNCC2)cc2sc(-c3ccc4nn(C)cc4c3)nc12.Cl. The number of nitrogens with zero attached hydrogens (tertiary/aromatic N) is 3. The number of anilines is 1. The highest BCUT2D eigenvalue weighted by molar-refractivity contribution is 7.21. The van der Waals surface area contributed by atoms with E-state index in [2.05, 4.69) is 59.2 Å². The van der Waals surface area contributed by atoms with Crippen LogP contribution in [0.15, 0.2) is 36.5 Å². The number of halogens is 1. The fourth-order valence-corrected chi connectivity index (χ4v) is 4.97. The average molecular weight is 414 g/mol. The Bertz CT molecular complexity index is 1130. The number of nitrogens with one attached hydrogen (secondary N) is 2. The maximum absolute atomic E-state index is 4.94. The van der Waals surface area contributed by atoms with Crippen LogP contribution < -0.4 is 10.6 Å². The van der Waals surface area contributed by atoms with Crippen LogP contribution in [0.4, 0.5) is 5.69 Å². The summed E-state index contributed by atoms with van der Waals surface area (Å²) in [5.74, 6) is 0. The number of aromatic nitrogens is 3. The highest BCUT2D eigenvalue weighted by Crippen LogP contribution is 2.35. The van der Waals surface area contributed by atoms with Crippen LogP contribution in [-0.2, 0) is 7.05 Å². The van der Waals surface area contributed by atoms with Crippen molar-refractivity contribution >= 4 is 50.6 Å². The van der Waals surface area contributed by atoms with Gasteiger partial charge in [-0.2, -0.15) is 5.10 Å². The lowest BCUT2D eigenvalue weighted by Gasteiger charge is -2.24. The predicted molar refractivity (Wildman–Crippen MR) is 121 cm³/mol. The highest BCUT2D eigenvalue weighted by atomic mass is 35.5. The van der Waals surface area contributed by atoms with Gasteiger partial charge in [-0.1, -0.05) is 0 Å². The van der Waals surface area contributed by atoms with E-state index in [1.807, 2.05) is 11.7 Å². The van der Waals surface area contributed by atoms with Gasteiger partial charge in [0.25, 0.3) is 0 Å². The van der Waals surface area contributed by atoms with Gasteiger partial charge in [-0.25, -0.2) is 4.98 Å². The van der Waals surface area contributed by atoms with Crippen LogP contribution >= 0.6 is 23.7 Å². The van der Waals surface area contributed by atoms with Crippen molar-refractivity contribution in [3.05, 3.63) is 42.1 Å². The third-order valence-electron chi connectivity index (χ3n) is 5.26. The van der Waals surface area contributed by atoms with Crippen molar-refractivity contribution < 1.29 is 0 Å². The Labute approximate surface area is 174 Å². The molecule has 1 saturated heterocycles. The third kappa shape index (κ3) is 3.60. The molecule has 28 heavy (non-hydrogen) atoms. The van der Waals surface area contributed by atoms with E-state index >= 15 is 0 Å². The van der Waals surface area contributed by atoms with E-state index in [1.165, 1.54) is 28.8 Å². The molecule has 1 aliphatic heterocycles. The van der Waals surface area contributed by atoms with Crippen LogP contribution in [0.1, 0.15) is 18.4 Å². The number of benzene rings is 2. The number of thiazole rings is 1. The summed E-state index contributed by atoms with van der Waals surface area (Å²) in [6, 6.07) is 11.4. The van der Waals surface area contributed by atoms with Gasteiger partial charge in [-0.3, -0.25) is 4.68 Å². The molecule has 146 valence electrons. The summed E-state index contributed by atoms with van der Waals surface area (Å²) in [5, 5.41) is 13.8. The summed E-state index contributed by atoms with van der Waals surface area (Å²) in [5.41, 5.74) is 5.73. The Morgan fingerprint density at radius 2 is 2.00 bits per heavy atom. The highest BCUT2D eigenvalue weighted by Gasteiger charge is 2.15. The second-order valence-electron chi connectivity index (χ2n) is 7.40. The van der Waals surface area contributed by atoms with Gasteiger partial charge in [0.15, 0.2) is 0 Å². The molecule has 0 bridgehead atoms. The maximum atomic E-state index is 4.94. The lowest BCUT2D eigenvalue weighted by Crippen LogP contribution is -2.35. The molecule has 0 amide bonds. The van der Waals surface area contributed by atoms with Crippen molar-refractivity contribution in [2.45, 2.75) is 25.8 Å². The van der Waals surface area contributed by atoms with E-state index in [1.54, 1.807) is 11.3 Å².